The number of nitrogens with zero attached hydrogens (tertiary/aromatic N) is 3. The smallest absolute Gasteiger partial charge is 0.279 e. The van der Waals surface area contributed by atoms with Gasteiger partial charge in [-0.15, -0.1) is 0 Å². The average molecular weight is 329 g/mol. The third kappa shape index (κ3) is 3.30. The van der Waals surface area contributed by atoms with E-state index in [1.807, 2.05) is 29.2 Å². The molecule has 7 nitrogen and oxygen atoms in total. The standard InChI is InChI=1S/C17H19N3O4/c1-23-14-4-2-13(3-5-14)11-20-17(22)15(12-21)16(10-18-20)19-6-8-24-9-7-19/h2-5,10,12H,6-9,11H2,1H3. The molecule has 0 aliphatic carbocycles. The van der Waals surface area contributed by atoms with E-state index in [9.17, 15) is 9.59 Å². The molecule has 1 aliphatic rings. The predicted octanol–water partition coefficient (Wildman–Crippen LogP) is 0.949. The molecule has 1 aliphatic heterocycles. The molecular weight excluding hydrogens is 310 g/mol. The SMILES string of the molecule is COc1ccc(Cn2ncc(N3CCOCC3)c(C=O)c2=O)cc1. The number of anilines is 1. The van der Waals surface area contributed by atoms with Gasteiger partial charge in [-0.3, -0.25) is 9.59 Å². The second-order valence-corrected chi connectivity index (χ2v) is 5.47. The minimum Gasteiger partial charge on any atom is -0.497 e. The van der Waals surface area contributed by atoms with E-state index in [0.29, 0.717) is 44.8 Å². The number of carbonyl (C=O) groups excluding carboxylic acids is 1. The van der Waals surface area contributed by atoms with Gasteiger partial charge in [0.05, 0.1) is 38.8 Å². The number of hydrogen-bond donors (Lipinski definition) is 0. The third-order valence-electron chi connectivity index (χ3n) is 4.02. The van der Waals surface area contributed by atoms with Crippen molar-refractivity contribution in [1.82, 2.24) is 9.78 Å². The molecule has 0 unspecified atom stereocenters. The molecule has 1 aromatic heterocycles. The highest BCUT2D eigenvalue weighted by Gasteiger charge is 2.18. The Balaban J connectivity index is 1.88. The minimum absolute atomic E-state index is 0.139. The number of aromatic nitrogens is 2. The first-order chi connectivity index (χ1) is 11.7. The highest BCUT2D eigenvalue weighted by atomic mass is 16.5. The topological polar surface area (TPSA) is 73.7 Å². The molecule has 0 N–H and O–H groups in total. The zero-order valence-electron chi connectivity index (χ0n) is 13.5. The van der Waals surface area contributed by atoms with Gasteiger partial charge in [0.2, 0.25) is 0 Å². The first kappa shape index (κ1) is 16.2. The van der Waals surface area contributed by atoms with Crippen molar-refractivity contribution < 1.29 is 14.3 Å². The first-order valence-corrected chi connectivity index (χ1v) is 7.74. The summed E-state index contributed by atoms with van der Waals surface area (Å²) < 4.78 is 11.7. The lowest BCUT2D eigenvalue weighted by Gasteiger charge is -2.29. The van der Waals surface area contributed by atoms with Crippen LogP contribution in [0, 0.1) is 0 Å². The van der Waals surface area contributed by atoms with Crippen molar-refractivity contribution in [3.63, 3.8) is 0 Å². The lowest BCUT2D eigenvalue weighted by Crippen LogP contribution is -2.39. The van der Waals surface area contributed by atoms with Crippen LogP contribution in [0.3, 0.4) is 0 Å². The van der Waals surface area contributed by atoms with E-state index in [1.54, 1.807) is 13.3 Å². The largest absolute Gasteiger partial charge is 0.497 e. The second-order valence-electron chi connectivity index (χ2n) is 5.47. The summed E-state index contributed by atoms with van der Waals surface area (Å²) >= 11 is 0. The fourth-order valence-electron chi connectivity index (χ4n) is 2.68. The van der Waals surface area contributed by atoms with Crippen LogP contribution in [-0.4, -0.2) is 49.5 Å². The van der Waals surface area contributed by atoms with Crippen molar-refractivity contribution in [2.24, 2.45) is 0 Å². The Morgan fingerprint density at radius 3 is 2.58 bits per heavy atom. The summed E-state index contributed by atoms with van der Waals surface area (Å²) in [6.45, 7) is 2.74. The Morgan fingerprint density at radius 1 is 1.25 bits per heavy atom. The van der Waals surface area contributed by atoms with E-state index in [-0.39, 0.29) is 11.1 Å². The van der Waals surface area contributed by atoms with Crippen molar-refractivity contribution >= 4 is 12.0 Å². The summed E-state index contributed by atoms with van der Waals surface area (Å²) in [6, 6.07) is 7.37. The Morgan fingerprint density at radius 2 is 1.96 bits per heavy atom. The minimum atomic E-state index is -0.384. The Kier molecular flexibility index (Phi) is 4.90. The summed E-state index contributed by atoms with van der Waals surface area (Å²) in [6.07, 6.45) is 2.19. The molecule has 24 heavy (non-hydrogen) atoms. The molecule has 3 rings (SSSR count). The number of rotatable bonds is 5. The maximum Gasteiger partial charge on any atom is 0.279 e. The van der Waals surface area contributed by atoms with Gasteiger partial charge in [-0.1, -0.05) is 12.1 Å². The Bertz CT molecular complexity index is 764. The van der Waals surface area contributed by atoms with Crippen molar-refractivity contribution in [3.8, 4) is 5.75 Å². The fraction of sp³-hybridized carbons (Fsp3) is 0.353. The molecule has 0 amide bonds. The lowest BCUT2D eigenvalue weighted by molar-refractivity contribution is 0.111. The Hall–Kier alpha value is -2.67. The number of carbonyl (C=O) groups is 1. The number of morpholine rings is 1. The van der Waals surface area contributed by atoms with Gasteiger partial charge in [0.1, 0.15) is 11.3 Å². The molecule has 7 heteroatoms. The average Bonchev–Trinajstić information content (AvgIpc) is 2.64. The summed E-state index contributed by atoms with van der Waals surface area (Å²) in [5.74, 6) is 0.746. The van der Waals surface area contributed by atoms with E-state index in [2.05, 4.69) is 5.10 Å². The number of benzene rings is 1. The van der Waals surface area contributed by atoms with Gasteiger partial charge in [-0.2, -0.15) is 5.10 Å². The van der Waals surface area contributed by atoms with Crippen LogP contribution >= 0.6 is 0 Å². The molecule has 1 saturated heterocycles. The van der Waals surface area contributed by atoms with Gasteiger partial charge in [0.15, 0.2) is 6.29 Å². The maximum atomic E-state index is 12.6. The molecule has 2 aromatic rings. The van der Waals surface area contributed by atoms with Crippen molar-refractivity contribution in [2.45, 2.75) is 6.54 Å². The molecule has 0 atom stereocenters. The summed E-state index contributed by atoms with van der Waals surface area (Å²) in [5.41, 5.74) is 1.23. The van der Waals surface area contributed by atoms with Crippen LogP contribution in [-0.2, 0) is 11.3 Å². The molecule has 1 aromatic carbocycles. The van der Waals surface area contributed by atoms with Gasteiger partial charge >= 0.3 is 0 Å². The highest BCUT2D eigenvalue weighted by Crippen LogP contribution is 2.17. The number of aldehydes is 1. The monoisotopic (exact) mass is 329 g/mol. The predicted molar refractivity (Wildman–Crippen MR) is 89.0 cm³/mol. The molecular formula is C17H19N3O4. The van der Waals surface area contributed by atoms with Crippen LogP contribution in [0.15, 0.2) is 35.3 Å². The molecule has 0 spiro atoms. The van der Waals surface area contributed by atoms with E-state index in [0.717, 1.165) is 11.3 Å². The van der Waals surface area contributed by atoms with Crippen LogP contribution in [0.1, 0.15) is 15.9 Å². The fourth-order valence-corrected chi connectivity index (χ4v) is 2.68. The van der Waals surface area contributed by atoms with E-state index in [4.69, 9.17) is 9.47 Å². The molecule has 0 saturated carbocycles. The third-order valence-corrected chi connectivity index (χ3v) is 4.02. The van der Waals surface area contributed by atoms with E-state index >= 15 is 0 Å². The first-order valence-electron chi connectivity index (χ1n) is 7.74. The number of ether oxygens (including phenoxy) is 2. The highest BCUT2D eigenvalue weighted by molar-refractivity contribution is 5.83. The van der Waals surface area contributed by atoms with E-state index < -0.39 is 0 Å². The molecule has 0 bridgehead atoms. The molecule has 2 heterocycles. The molecule has 0 radical (unpaired) electrons. The number of methoxy groups -OCH3 is 1. The summed E-state index contributed by atoms with van der Waals surface area (Å²) in [5, 5.41) is 4.23. The second kappa shape index (κ2) is 7.27. The van der Waals surface area contributed by atoms with Crippen molar-refractivity contribution in [1.29, 1.82) is 0 Å². The van der Waals surface area contributed by atoms with Crippen LogP contribution < -0.4 is 15.2 Å². The van der Waals surface area contributed by atoms with Crippen LogP contribution in [0.25, 0.3) is 0 Å². The normalized spacial score (nSPS) is 14.5. The van der Waals surface area contributed by atoms with Crippen molar-refractivity contribution in [2.75, 3.05) is 38.3 Å². The van der Waals surface area contributed by atoms with Crippen LogP contribution in [0.2, 0.25) is 0 Å². The van der Waals surface area contributed by atoms with Gasteiger partial charge < -0.3 is 14.4 Å². The van der Waals surface area contributed by atoms with Gasteiger partial charge in [-0.05, 0) is 17.7 Å². The van der Waals surface area contributed by atoms with Gasteiger partial charge in [0.25, 0.3) is 5.56 Å². The van der Waals surface area contributed by atoms with Gasteiger partial charge in [0, 0.05) is 13.1 Å². The van der Waals surface area contributed by atoms with Crippen LogP contribution in [0.4, 0.5) is 5.69 Å². The number of hydrogen-bond acceptors (Lipinski definition) is 6. The quantitative estimate of drug-likeness (QED) is 0.761. The zero-order valence-corrected chi connectivity index (χ0v) is 13.5. The molecule has 1 fully saturated rings. The maximum absolute atomic E-state index is 12.6. The van der Waals surface area contributed by atoms with E-state index in [1.165, 1.54) is 4.68 Å². The summed E-state index contributed by atoms with van der Waals surface area (Å²) in [7, 11) is 1.60. The van der Waals surface area contributed by atoms with Crippen molar-refractivity contribution in [3.05, 3.63) is 51.9 Å². The van der Waals surface area contributed by atoms with Gasteiger partial charge in [-0.25, -0.2) is 4.68 Å². The lowest BCUT2D eigenvalue weighted by atomic mass is 10.2. The molecule has 126 valence electrons. The van der Waals surface area contributed by atoms with Crippen LogP contribution in [0.5, 0.6) is 5.75 Å². The Labute approximate surface area is 139 Å². The summed E-state index contributed by atoms with van der Waals surface area (Å²) in [4.78, 5) is 26.0. The zero-order chi connectivity index (χ0) is 16.9.